The van der Waals surface area contributed by atoms with E-state index in [0.717, 1.165) is 94.8 Å². The van der Waals surface area contributed by atoms with E-state index in [2.05, 4.69) is 63.3 Å². The van der Waals surface area contributed by atoms with Crippen molar-refractivity contribution in [3.8, 4) is 50.5 Å². The molecule has 6 heterocycles. The Bertz CT molecular complexity index is 6170. The van der Waals surface area contributed by atoms with Crippen molar-refractivity contribution in [2.45, 2.75) is 217 Å². The number of methoxy groups -OCH3 is 1. The second-order valence-corrected chi connectivity index (χ2v) is 36.5. The first-order chi connectivity index (χ1) is 64.4. The molecule has 12 rings (SSSR count). The van der Waals surface area contributed by atoms with Gasteiger partial charge in [-0.15, -0.1) is 0 Å². The molecule has 0 aliphatic heterocycles. The summed E-state index contributed by atoms with van der Waals surface area (Å²) in [6.45, 7) is 32.4. The summed E-state index contributed by atoms with van der Waals surface area (Å²) in [4.78, 5) is 161. The van der Waals surface area contributed by atoms with Crippen LogP contribution >= 0.6 is 0 Å². The minimum absolute atomic E-state index is 0.0133. The number of Topliss-reactive ketones (excluding diaryl/α,β-unsaturated/α-hetero) is 4. The van der Waals surface area contributed by atoms with E-state index in [-0.39, 0.29) is 118 Å². The van der Waals surface area contributed by atoms with Gasteiger partial charge in [0, 0.05) is 104 Å². The molecule has 2 unspecified atom stereocenters. The normalized spacial score (nSPS) is 12.8. The number of pyridine rings is 6. The van der Waals surface area contributed by atoms with Crippen LogP contribution in [-0.2, 0) is 38.4 Å². The van der Waals surface area contributed by atoms with E-state index in [1.807, 2.05) is 216 Å². The van der Waals surface area contributed by atoms with E-state index in [1.165, 1.54) is 70.2 Å². The van der Waals surface area contributed by atoms with Gasteiger partial charge < -0.3 is 44.3 Å². The molecule has 8 atom stereocenters. The van der Waals surface area contributed by atoms with E-state index < -0.39 is 48.3 Å². The van der Waals surface area contributed by atoms with Gasteiger partial charge in [-0.25, -0.2) is 0 Å². The summed E-state index contributed by atoms with van der Waals surface area (Å²) in [5, 5.41) is 12.2. The number of carbonyl (C=O) groups is 8. The maximum atomic E-state index is 13.5. The second-order valence-electron chi connectivity index (χ2n) is 36.5. The first kappa shape index (κ1) is 104. The molecule has 4 N–H and O–H groups in total. The number of hydrogen-bond acceptors (Lipinski definition) is 15. The average Bonchev–Trinajstić information content (AvgIpc) is 0.879. The van der Waals surface area contributed by atoms with Gasteiger partial charge in [0.1, 0.15) is 53.0 Å². The van der Waals surface area contributed by atoms with Crippen molar-refractivity contribution < 1.29 is 43.1 Å². The number of carbonyl (C=O) groups excluding carboxylic acids is 8. The van der Waals surface area contributed by atoms with Crippen molar-refractivity contribution in [3.05, 3.63) is 359 Å². The Morgan fingerprint density at radius 1 is 0.289 bits per heavy atom. The van der Waals surface area contributed by atoms with E-state index >= 15 is 0 Å². The van der Waals surface area contributed by atoms with E-state index in [9.17, 15) is 57.5 Å². The predicted molar refractivity (Wildman–Crippen MR) is 535 cm³/mol. The molecule has 12 aromatic rings. The number of nitrogens with one attached hydrogen (secondary N) is 4. The van der Waals surface area contributed by atoms with Crippen molar-refractivity contribution in [1.29, 1.82) is 0 Å². The van der Waals surface area contributed by atoms with Gasteiger partial charge in [0.05, 0.1) is 42.7 Å². The van der Waals surface area contributed by atoms with E-state index in [0.29, 0.717) is 31.4 Å². The van der Waals surface area contributed by atoms with Crippen LogP contribution in [0.3, 0.4) is 0 Å². The Morgan fingerprint density at radius 3 is 0.800 bits per heavy atom. The maximum absolute atomic E-state index is 13.5. The van der Waals surface area contributed by atoms with Gasteiger partial charge in [0.25, 0.3) is 22.2 Å². The van der Waals surface area contributed by atoms with Gasteiger partial charge in [-0.05, 0) is 245 Å². The Kier molecular flexibility index (Phi) is 39.2. The summed E-state index contributed by atoms with van der Waals surface area (Å²) in [6.07, 6.45) is 12.6. The molecule has 23 heteroatoms. The van der Waals surface area contributed by atoms with Crippen molar-refractivity contribution in [3.63, 3.8) is 0 Å². The quantitative estimate of drug-likeness (QED) is 0.0281. The number of benzene rings is 6. The first-order valence-electron chi connectivity index (χ1n) is 46.2. The van der Waals surface area contributed by atoms with Gasteiger partial charge >= 0.3 is 0 Å². The number of hydrogen-bond donors (Lipinski definition) is 4. The summed E-state index contributed by atoms with van der Waals surface area (Å²) in [5.74, 6) is 0.289. The number of rotatable bonds is 37. The lowest BCUT2D eigenvalue weighted by molar-refractivity contribution is -0.127. The summed E-state index contributed by atoms with van der Waals surface area (Å²) >= 11 is 0. The minimum Gasteiger partial charge on any atom is -0.496 e. The molecule has 0 spiro atoms. The highest BCUT2D eigenvalue weighted by Gasteiger charge is 2.33. The zero-order valence-corrected chi connectivity index (χ0v) is 81.0. The monoisotopic (exact) mass is 1820 g/mol. The van der Waals surface area contributed by atoms with Crippen LogP contribution in [0.15, 0.2) is 287 Å². The molecule has 135 heavy (non-hydrogen) atoms. The summed E-state index contributed by atoms with van der Waals surface area (Å²) in [7, 11) is 1.62. The molecule has 0 radical (unpaired) electrons. The topological polar surface area (TPSA) is 308 Å². The Hall–Kier alpha value is -14.2. The molecule has 706 valence electrons. The molecule has 4 amide bonds. The fourth-order valence-corrected chi connectivity index (χ4v) is 16.6. The molecule has 0 fully saturated rings. The Labute approximate surface area is 792 Å². The number of ether oxygens (including phenoxy) is 1. The van der Waals surface area contributed by atoms with Crippen molar-refractivity contribution in [2.24, 2.45) is 23.7 Å². The van der Waals surface area contributed by atoms with Gasteiger partial charge in [0.15, 0.2) is 0 Å². The molecular formula is C112H130N10O13. The van der Waals surface area contributed by atoms with E-state index in [4.69, 9.17) is 4.74 Å². The summed E-state index contributed by atoms with van der Waals surface area (Å²) < 4.78 is 11.5. The molecule has 6 aromatic heterocycles. The molecule has 0 bridgehead atoms. The Balaban J connectivity index is 0.000000202. The number of aromatic nitrogens is 6. The summed E-state index contributed by atoms with van der Waals surface area (Å²) in [5.41, 5.74) is 15.6. The van der Waals surface area contributed by atoms with Crippen molar-refractivity contribution >= 4 is 46.8 Å². The first-order valence-corrected chi connectivity index (χ1v) is 46.2. The minimum atomic E-state index is -0.674. The molecule has 6 aromatic carbocycles. The van der Waals surface area contributed by atoms with Crippen LogP contribution in [0.1, 0.15) is 233 Å². The van der Waals surface area contributed by atoms with Gasteiger partial charge in [-0.3, -0.25) is 67.5 Å². The van der Waals surface area contributed by atoms with Gasteiger partial charge in [0.2, 0.25) is 23.6 Å². The molecular weight excluding hydrogens is 1690 g/mol. The Morgan fingerprint density at radius 2 is 0.533 bits per heavy atom. The largest absolute Gasteiger partial charge is 0.496 e. The highest BCUT2D eigenvalue weighted by atomic mass is 16.5. The van der Waals surface area contributed by atoms with Crippen molar-refractivity contribution in [2.75, 3.05) is 7.11 Å². The lowest BCUT2D eigenvalue weighted by atomic mass is 9.91. The van der Waals surface area contributed by atoms with Crippen LogP contribution in [0.4, 0.5) is 0 Å². The lowest BCUT2D eigenvalue weighted by Gasteiger charge is -2.25. The van der Waals surface area contributed by atoms with Crippen LogP contribution in [0.5, 0.6) is 5.75 Å². The summed E-state index contributed by atoms with van der Waals surface area (Å²) in [6, 6.07) is 66.1. The highest BCUT2D eigenvalue weighted by Crippen LogP contribution is 2.38. The second kappa shape index (κ2) is 50.6. The highest BCUT2D eigenvalue weighted by molar-refractivity contribution is 5.87. The van der Waals surface area contributed by atoms with Gasteiger partial charge in [-0.1, -0.05) is 195 Å². The number of amides is 4. The zero-order valence-electron chi connectivity index (χ0n) is 81.0. The fraction of sp³-hybridized carbons (Fsp3) is 0.339. The lowest BCUT2D eigenvalue weighted by Crippen LogP contribution is -2.39. The van der Waals surface area contributed by atoms with E-state index in [1.54, 1.807) is 92.8 Å². The number of nitrogens with zero attached hydrogens (tertiary/aromatic N) is 6. The number of ketones is 4. The third-order valence-corrected chi connectivity index (χ3v) is 23.3. The van der Waals surface area contributed by atoms with Crippen LogP contribution in [0.25, 0.3) is 44.8 Å². The molecule has 0 aliphatic carbocycles. The molecule has 0 saturated heterocycles. The predicted octanol–water partition coefficient (Wildman–Crippen LogP) is 20.1. The SMILES string of the molecule is CC(=O)C[C@H](NC(=O)C(CC(C)C)n1ccccc1=O)c1ccnc(-c2ccccc2C)c1.CC(=O)C[C@H](NC(=O)[C@H](CC(C)C)n1ccccc1=O)c1ccc(C)c(-c2ccccc2C)c1.CC(=O)C[C@H](NC(=O)[C@H](CC(C)C)n1ccccc1=O)c1ccnc(-c2ccccc2C)c1.COc1ccc([C@H](CC(C)=O)NC(=O)C(CC(C)C)n2ccccc2=O)cc1-c1ccccc1C. The average molecular weight is 1820 g/mol. The maximum Gasteiger partial charge on any atom is 0.251 e. The van der Waals surface area contributed by atoms with Crippen LogP contribution in [0, 0.1) is 58.3 Å². The van der Waals surface area contributed by atoms with Crippen LogP contribution in [0.2, 0.25) is 0 Å². The standard InChI is InChI=1S/C29H34N2O4.C29H34N2O3.2C27H31N3O3/c1-19(2)16-26(31-15-9-8-12-28(31)33)29(34)30-25(17-21(4)32)22-13-14-27(35-5)24(18-22)23-11-7-6-10-20(23)3;1-19(2)16-27(31-15-9-8-12-28(31)33)29(34)30-26(17-22(5)32)23-14-13-21(4)25(18-23)24-11-7-6-10-20(24)3;2*1-18(2)15-25(30-14-8-7-11-26(30)32)27(33)29-23(16-20(4)31)21-12-13-28-24(17-21)22-10-6-5-9-19(22)3/h6-15,18-19,25-26H,16-17H2,1-5H3,(H,30,34);6-15,18-19,26-27H,16-17H2,1-5H3,(H,30,34);2*5-14,17-18,23,25H,15-16H2,1-4H3,(H,29,33)/t25-,26?;26-,27-;23-,25?;23-,25-/m0000/s1. The smallest absolute Gasteiger partial charge is 0.251 e. The van der Waals surface area contributed by atoms with Crippen LogP contribution in [-0.4, -0.2) is 82.1 Å². The fourth-order valence-electron chi connectivity index (χ4n) is 16.6. The van der Waals surface area contributed by atoms with Crippen molar-refractivity contribution in [1.82, 2.24) is 49.5 Å². The zero-order chi connectivity index (χ0) is 98.3. The third-order valence-electron chi connectivity index (χ3n) is 23.3. The van der Waals surface area contributed by atoms with Crippen LogP contribution < -0.4 is 48.2 Å². The molecule has 23 nitrogen and oxygen atoms in total. The third kappa shape index (κ3) is 30.4. The number of aryl methyl sites for hydroxylation is 5. The molecule has 0 aliphatic rings. The molecule has 0 saturated carbocycles. The van der Waals surface area contributed by atoms with Gasteiger partial charge in [-0.2, -0.15) is 0 Å².